The zero-order chi connectivity index (χ0) is 15.6. The Hall–Kier alpha value is -1.60. The minimum atomic E-state index is -0.514. The molecule has 1 aromatic carbocycles. The number of halogens is 3. The minimum Gasteiger partial charge on any atom is -0.395 e. The van der Waals surface area contributed by atoms with Crippen LogP contribution in [0.3, 0.4) is 0 Å². The van der Waals surface area contributed by atoms with Crippen molar-refractivity contribution in [3.05, 3.63) is 38.8 Å². The fourth-order valence-corrected chi connectivity index (χ4v) is 2.73. The molecule has 0 atom stereocenters. The van der Waals surface area contributed by atoms with Gasteiger partial charge in [-0.05, 0) is 34.5 Å². The highest BCUT2D eigenvalue weighted by Crippen LogP contribution is 2.32. The van der Waals surface area contributed by atoms with Crippen molar-refractivity contribution < 1.29 is 9.18 Å². The van der Waals surface area contributed by atoms with E-state index in [1.54, 1.807) is 0 Å². The monoisotopic (exact) mass is 374 g/mol. The Labute approximate surface area is 134 Å². The molecule has 0 radical (unpaired) electrons. The molecular weight excluding hydrogens is 363 g/mol. The molecule has 0 unspecified atom stereocenters. The molecule has 2 aromatic rings. The van der Waals surface area contributed by atoms with Gasteiger partial charge in [-0.1, -0.05) is 24.9 Å². The lowest BCUT2D eigenvalue weighted by atomic mass is 10.2. The van der Waals surface area contributed by atoms with Crippen LogP contribution in [-0.2, 0) is 6.42 Å². The highest BCUT2D eigenvalue weighted by Gasteiger charge is 2.19. The van der Waals surface area contributed by atoms with Crippen LogP contribution in [0.15, 0.2) is 16.6 Å². The molecule has 0 aliphatic rings. The number of hydrogen-bond donors (Lipinski definition) is 3. The maximum absolute atomic E-state index is 13.2. The van der Waals surface area contributed by atoms with Gasteiger partial charge < -0.3 is 11.1 Å². The molecule has 5 nitrogen and oxygen atoms in total. The number of rotatable bonds is 4. The number of amides is 1. The van der Waals surface area contributed by atoms with Crippen LogP contribution in [0.25, 0.3) is 0 Å². The van der Waals surface area contributed by atoms with E-state index < -0.39 is 11.7 Å². The van der Waals surface area contributed by atoms with Crippen LogP contribution >= 0.6 is 27.5 Å². The van der Waals surface area contributed by atoms with E-state index in [1.807, 2.05) is 6.92 Å². The number of carbonyl (C=O) groups is 1. The Morgan fingerprint density at radius 3 is 2.90 bits per heavy atom. The summed E-state index contributed by atoms with van der Waals surface area (Å²) in [6.45, 7) is 2.00. The number of aromatic amines is 1. The fraction of sp³-hybridized carbons (Fsp3) is 0.231. The van der Waals surface area contributed by atoms with E-state index in [-0.39, 0.29) is 16.4 Å². The van der Waals surface area contributed by atoms with Gasteiger partial charge in [0.1, 0.15) is 5.82 Å². The van der Waals surface area contributed by atoms with Gasteiger partial charge in [0.05, 0.1) is 22.1 Å². The molecule has 0 saturated carbocycles. The molecule has 0 saturated heterocycles. The van der Waals surface area contributed by atoms with Crippen molar-refractivity contribution in [2.75, 3.05) is 11.1 Å². The molecule has 0 aliphatic heterocycles. The van der Waals surface area contributed by atoms with Crippen LogP contribution in [0, 0.1) is 5.82 Å². The highest BCUT2D eigenvalue weighted by molar-refractivity contribution is 9.10. The lowest BCUT2D eigenvalue weighted by molar-refractivity contribution is 0.102. The third kappa shape index (κ3) is 3.36. The summed E-state index contributed by atoms with van der Waals surface area (Å²) in [5.74, 6) is -1.02. The van der Waals surface area contributed by atoms with Crippen molar-refractivity contribution in [2.24, 2.45) is 0 Å². The number of H-pyrrole nitrogens is 1. The third-order valence-corrected chi connectivity index (χ3v) is 3.77. The van der Waals surface area contributed by atoms with E-state index in [2.05, 4.69) is 31.4 Å². The molecule has 0 fully saturated rings. The van der Waals surface area contributed by atoms with Gasteiger partial charge in [-0.15, -0.1) is 0 Å². The Bertz CT molecular complexity index is 666. The van der Waals surface area contributed by atoms with E-state index >= 15 is 0 Å². The maximum Gasteiger partial charge on any atom is 0.278 e. The second-order valence-corrected chi connectivity index (χ2v) is 5.67. The largest absolute Gasteiger partial charge is 0.395 e. The number of anilines is 2. The van der Waals surface area contributed by atoms with Crippen molar-refractivity contribution in [2.45, 2.75) is 19.8 Å². The van der Waals surface area contributed by atoms with Gasteiger partial charge in [0.15, 0.2) is 5.69 Å². The molecule has 1 amide bonds. The summed E-state index contributed by atoms with van der Waals surface area (Å²) >= 11 is 9.07. The van der Waals surface area contributed by atoms with Gasteiger partial charge >= 0.3 is 0 Å². The summed E-state index contributed by atoms with van der Waals surface area (Å²) in [5.41, 5.74) is 7.26. The maximum atomic E-state index is 13.2. The zero-order valence-corrected chi connectivity index (χ0v) is 13.5. The predicted octanol–water partition coefficient (Wildman–Crippen LogP) is 3.75. The zero-order valence-electron chi connectivity index (χ0n) is 11.1. The van der Waals surface area contributed by atoms with Crippen LogP contribution in [-0.4, -0.2) is 16.1 Å². The molecule has 112 valence electrons. The van der Waals surface area contributed by atoms with Gasteiger partial charge in [0.25, 0.3) is 5.91 Å². The van der Waals surface area contributed by atoms with Gasteiger partial charge in [-0.3, -0.25) is 9.89 Å². The molecule has 21 heavy (non-hydrogen) atoms. The standard InChI is InChI=1S/C13H13BrClFN4O/c1-2-3-9-10(17)12(20-19-9)13(21)18-11-7(14)4-6(16)5-8(11)15/h4-5H,2-3,17H2,1H3,(H,18,21)(H,19,20). The van der Waals surface area contributed by atoms with Crippen molar-refractivity contribution >= 4 is 44.8 Å². The number of nitrogens with one attached hydrogen (secondary N) is 2. The topological polar surface area (TPSA) is 83.8 Å². The number of nitrogen functional groups attached to an aromatic ring is 1. The summed E-state index contributed by atoms with van der Waals surface area (Å²) in [4.78, 5) is 12.2. The fourth-order valence-electron chi connectivity index (χ4n) is 1.83. The van der Waals surface area contributed by atoms with E-state index in [0.717, 1.165) is 12.5 Å². The summed E-state index contributed by atoms with van der Waals surface area (Å²) < 4.78 is 13.5. The average molecular weight is 376 g/mol. The van der Waals surface area contributed by atoms with E-state index in [9.17, 15) is 9.18 Å². The minimum absolute atomic E-state index is 0.0816. The molecule has 4 N–H and O–H groups in total. The van der Waals surface area contributed by atoms with Crippen molar-refractivity contribution in [3.8, 4) is 0 Å². The number of nitrogens with zero attached hydrogens (tertiary/aromatic N) is 1. The molecular formula is C13H13BrClFN4O. The van der Waals surface area contributed by atoms with Crippen molar-refractivity contribution in [1.29, 1.82) is 0 Å². The number of nitrogens with two attached hydrogens (primary N) is 1. The third-order valence-electron chi connectivity index (χ3n) is 2.84. The molecule has 8 heteroatoms. The first-order chi connectivity index (χ1) is 9.93. The van der Waals surface area contributed by atoms with Gasteiger partial charge in [0.2, 0.25) is 0 Å². The van der Waals surface area contributed by atoms with Crippen LogP contribution in [0.5, 0.6) is 0 Å². The Morgan fingerprint density at radius 2 is 2.29 bits per heavy atom. The lowest BCUT2D eigenvalue weighted by Crippen LogP contribution is -2.15. The summed E-state index contributed by atoms with van der Waals surface area (Å²) in [6.07, 6.45) is 1.58. The normalized spacial score (nSPS) is 10.7. The van der Waals surface area contributed by atoms with E-state index in [0.29, 0.717) is 22.3 Å². The number of aryl methyl sites for hydroxylation is 1. The molecule has 0 aliphatic carbocycles. The van der Waals surface area contributed by atoms with Gasteiger partial charge in [-0.25, -0.2) is 4.39 Å². The van der Waals surface area contributed by atoms with Crippen LogP contribution in [0.4, 0.5) is 15.8 Å². The second kappa shape index (κ2) is 6.44. The molecule has 2 rings (SSSR count). The Balaban J connectivity index is 2.27. The molecule has 0 spiro atoms. The van der Waals surface area contributed by atoms with Crippen LogP contribution in [0.1, 0.15) is 29.5 Å². The number of benzene rings is 1. The SMILES string of the molecule is CCCc1[nH]nc(C(=O)Nc2c(Cl)cc(F)cc2Br)c1N. The van der Waals surface area contributed by atoms with Gasteiger partial charge in [-0.2, -0.15) is 5.10 Å². The number of carbonyl (C=O) groups excluding carboxylic acids is 1. The highest BCUT2D eigenvalue weighted by atomic mass is 79.9. The van der Waals surface area contributed by atoms with Crippen LogP contribution in [0.2, 0.25) is 5.02 Å². The lowest BCUT2D eigenvalue weighted by Gasteiger charge is -2.09. The Morgan fingerprint density at radius 1 is 1.57 bits per heavy atom. The average Bonchev–Trinajstić information content (AvgIpc) is 2.76. The summed E-state index contributed by atoms with van der Waals surface area (Å²) in [7, 11) is 0. The van der Waals surface area contributed by atoms with Crippen molar-refractivity contribution in [1.82, 2.24) is 10.2 Å². The summed E-state index contributed by atoms with van der Waals surface area (Å²) in [5, 5.41) is 9.31. The smallest absolute Gasteiger partial charge is 0.278 e. The first-order valence-electron chi connectivity index (χ1n) is 6.22. The van der Waals surface area contributed by atoms with E-state index in [4.69, 9.17) is 17.3 Å². The second-order valence-electron chi connectivity index (χ2n) is 4.41. The predicted molar refractivity (Wildman–Crippen MR) is 84.1 cm³/mol. The quantitative estimate of drug-likeness (QED) is 0.761. The Kier molecular flexibility index (Phi) is 4.84. The van der Waals surface area contributed by atoms with Crippen LogP contribution < -0.4 is 11.1 Å². The molecule has 0 bridgehead atoms. The summed E-state index contributed by atoms with van der Waals surface area (Å²) in [6, 6.07) is 2.32. The number of aromatic nitrogens is 2. The number of hydrogen-bond acceptors (Lipinski definition) is 3. The molecule has 1 heterocycles. The van der Waals surface area contributed by atoms with E-state index in [1.165, 1.54) is 6.07 Å². The first-order valence-corrected chi connectivity index (χ1v) is 7.39. The molecule has 1 aromatic heterocycles. The first kappa shape index (κ1) is 15.8. The van der Waals surface area contributed by atoms with Crippen molar-refractivity contribution in [3.63, 3.8) is 0 Å². The van der Waals surface area contributed by atoms with Gasteiger partial charge in [0, 0.05) is 4.47 Å².